The van der Waals surface area contributed by atoms with E-state index in [1.165, 1.54) is 18.4 Å². The van der Waals surface area contributed by atoms with Gasteiger partial charge >= 0.3 is 0 Å². The van der Waals surface area contributed by atoms with Crippen LogP contribution in [-0.4, -0.2) is 33.1 Å². The lowest BCUT2D eigenvalue weighted by atomic mass is 9.76. The predicted molar refractivity (Wildman–Crippen MR) is 98.8 cm³/mol. The van der Waals surface area contributed by atoms with Crippen LogP contribution in [0.5, 0.6) is 0 Å². The van der Waals surface area contributed by atoms with Gasteiger partial charge in [-0.15, -0.1) is 0 Å². The lowest BCUT2D eigenvalue weighted by molar-refractivity contribution is 0.0237. The molecule has 0 radical (unpaired) electrons. The van der Waals surface area contributed by atoms with Crippen molar-refractivity contribution < 1.29 is 9.90 Å². The summed E-state index contributed by atoms with van der Waals surface area (Å²) in [6.07, 6.45) is 9.76. The molecule has 0 aliphatic heterocycles. The summed E-state index contributed by atoms with van der Waals surface area (Å²) in [6.45, 7) is 0. The van der Waals surface area contributed by atoms with Gasteiger partial charge < -0.3 is 10.4 Å². The van der Waals surface area contributed by atoms with Gasteiger partial charge in [0.1, 0.15) is 0 Å². The van der Waals surface area contributed by atoms with Crippen LogP contribution in [0.4, 0.5) is 0 Å². The van der Waals surface area contributed by atoms with Crippen LogP contribution in [0.3, 0.4) is 0 Å². The molecule has 0 spiro atoms. The molecule has 136 valence electrons. The first-order valence-corrected chi connectivity index (χ1v) is 9.55. The number of pyridine rings is 2. The van der Waals surface area contributed by atoms with Crippen LogP contribution in [0.2, 0.25) is 0 Å². The predicted octanol–water partition coefficient (Wildman–Crippen LogP) is 2.47. The largest absolute Gasteiger partial charge is 0.393 e. The summed E-state index contributed by atoms with van der Waals surface area (Å²) in [4.78, 5) is 21.7. The van der Waals surface area contributed by atoms with Crippen LogP contribution in [0.1, 0.15) is 53.0 Å². The minimum Gasteiger partial charge on any atom is -0.393 e. The number of carbonyl (C=O) groups excluding carboxylic acids is 1. The maximum atomic E-state index is 12.8. The molecule has 1 atom stereocenters. The van der Waals surface area contributed by atoms with Crippen LogP contribution in [-0.2, 0) is 19.3 Å². The summed E-state index contributed by atoms with van der Waals surface area (Å²) in [5.74, 6) is 0.217. The van der Waals surface area contributed by atoms with Crippen molar-refractivity contribution in [2.75, 3.05) is 0 Å². The molecule has 0 bridgehead atoms. The van der Waals surface area contributed by atoms with Crippen LogP contribution in [0.15, 0.2) is 36.7 Å². The standard InChI is InChI=1S/C21H25N3O2/c25-18-10-15(11-18)20(12-17-6-3-4-8-22-17)24-21(26)16-9-14-5-1-2-7-19(14)23-13-16/h3-4,6,8-9,13,15,18,20,25H,1-2,5,7,10-12H2,(H,24,26). The number of aromatic nitrogens is 2. The van der Waals surface area contributed by atoms with Gasteiger partial charge in [-0.05, 0) is 68.2 Å². The Hall–Kier alpha value is -2.27. The van der Waals surface area contributed by atoms with Crippen LogP contribution < -0.4 is 5.32 Å². The molecule has 2 aromatic heterocycles. The first-order valence-electron chi connectivity index (χ1n) is 9.55. The van der Waals surface area contributed by atoms with Crippen LogP contribution >= 0.6 is 0 Å². The number of aryl methyl sites for hydroxylation is 2. The van der Waals surface area contributed by atoms with Gasteiger partial charge in [-0.2, -0.15) is 0 Å². The number of nitrogens with zero attached hydrogens (tertiary/aromatic N) is 2. The van der Waals surface area contributed by atoms with Gasteiger partial charge in [0.05, 0.1) is 11.7 Å². The first kappa shape index (κ1) is 17.2. The van der Waals surface area contributed by atoms with E-state index in [9.17, 15) is 9.90 Å². The van der Waals surface area contributed by atoms with Crippen molar-refractivity contribution in [2.45, 2.75) is 57.1 Å². The Balaban J connectivity index is 1.48. The zero-order valence-corrected chi connectivity index (χ0v) is 14.9. The summed E-state index contributed by atoms with van der Waals surface area (Å²) >= 11 is 0. The second-order valence-electron chi connectivity index (χ2n) is 7.53. The van der Waals surface area contributed by atoms with Gasteiger partial charge in [-0.3, -0.25) is 14.8 Å². The fraction of sp³-hybridized carbons (Fsp3) is 0.476. The summed E-state index contributed by atoms with van der Waals surface area (Å²) in [6, 6.07) is 7.82. The molecule has 1 amide bonds. The lowest BCUT2D eigenvalue weighted by Crippen LogP contribution is -2.48. The highest BCUT2D eigenvalue weighted by Gasteiger charge is 2.35. The van der Waals surface area contributed by atoms with Gasteiger partial charge in [-0.1, -0.05) is 6.07 Å². The normalized spacial score (nSPS) is 22.8. The van der Waals surface area contributed by atoms with Crippen LogP contribution in [0.25, 0.3) is 0 Å². The van der Waals surface area contributed by atoms with E-state index in [4.69, 9.17) is 0 Å². The Morgan fingerprint density at radius 1 is 1.23 bits per heavy atom. The second kappa shape index (κ2) is 7.54. The van der Waals surface area contributed by atoms with E-state index >= 15 is 0 Å². The summed E-state index contributed by atoms with van der Waals surface area (Å²) in [7, 11) is 0. The summed E-state index contributed by atoms with van der Waals surface area (Å²) in [5, 5.41) is 12.9. The van der Waals surface area contributed by atoms with E-state index in [-0.39, 0.29) is 18.1 Å². The summed E-state index contributed by atoms with van der Waals surface area (Å²) < 4.78 is 0. The lowest BCUT2D eigenvalue weighted by Gasteiger charge is -2.38. The molecule has 26 heavy (non-hydrogen) atoms. The average Bonchev–Trinajstić information content (AvgIpc) is 2.65. The molecule has 2 N–H and O–H groups in total. The number of hydrogen-bond donors (Lipinski definition) is 2. The maximum Gasteiger partial charge on any atom is 0.253 e. The molecular formula is C21H25N3O2. The van der Waals surface area contributed by atoms with Crippen molar-refractivity contribution in [1.29, 1.82) is 0 Å². The second-order valence-corrected chi connectivity index (χ2v) is 7.53. The monoisotopic (exact) mass is 351 g/mol. The molecule has 0 aromatic carbocycles. The molecule has 4 rings (SSSR count). The van der Waals surface area contributed by atoms with E-state index in [1.54, 1.807) is 12.4 Å². The molecule has 1 saturated carbocycles. The number of amides is 1. The van der Waals surface area contributed by atoms with Crippen molar-refractivity contribution in [2.24, 2.45) is 5.92 Å². The van der Waals surface area contributed by atoms with Crippen LogP contribution in [0, 0.1) is 5.92 Å². The number of aliphatic hydroxyl groups is 1. The molecule has 2 aliphatic rings. The highest BCUT2D eigenvalue weighted by atomic mass is 16.3. The highest BCUT2D eigenvalue weighted by molar-refractivity contribution is 5.94. The van der Waals surface area contributed by atoms with Gasteiger partial charge in [0, 0.05) is 36.2 Å². The Morgan fingerprint density at radius 3 is 2.85 bits per heavy atom. The Labute approximate surface area is 153 Å². The van der Waals surface area contributed by atoms with E-state index in [2.05, 4.69) is 15.3 Å². The summed E-state index contributed by atoms with van der Waals surface area (Å²) in [5.41, 5.74) is 3.95. The van der Waals surface area contributed by atoms with Gasteiger partial charge in [0.15, 0.2) is 0 Å². The number of aliphatic hydroxyl groups excluding tert-OH is 1. The minimum absolute atomic E-state index is 0.0168. The van der Waals surface area contributed by atoms with E-state index in [0.717, 1.165) is 37.1 Å². The van der Waals surface area contributed by atoms with E-state index in [0.29, 0.717) is 17.9 Å². The molecule has 2 heterocycles. The third kappa shape index (κ3) is 3.78. The van der Waals surface area contributed by atoms with Crippen molar-refractivity contribution in [3.63, 3.8) is 0 Å². The van der Waals surface area contributed by atoms with Gasteiger partial charge in [0.2, 0.25) is 0 Å². The molecular weight excluding hydrogens is 326 g/mol. The van der Waals surface area contributed by atoms with Gasteiger partial charge in [0.25, 0.3) is 5.91 Å². The molecule has 1 unspecified atom stereocenters. The van der Waals surface area contributed by atoms with Crippen molar-refractivity contribution in [1.82, 2.24) is 15.3 Å². The number of nitrogens with one attached hydrogen (secondary N) is 1. The Bertz CT molecular complexity index is 772. The van der Waals surface area contributed by atoms with Crippen molar-refractivity contribution in [3.8, 4) is 0 Å². The Morgan fingerprint density at radius 2 is 2.08 bits per heavy atom. The molecule has 5 heteroatoms. The third-order valence-corrected chi connectivity index (χ3v) is 5.62. The molecule has 5 nitrogen and oxygen atoms in total. The number of hydrogen-bond acceptors (Lipinski definition) is 4. The Kier molecular flexibility index (Phi) is 4.98. The quantitative estimate of drug-likeness (QED) is 0.868. The molecule has 0 saturated heterocycles. The fourth-order valence-electron chi connectivity index (χ4n) is 4.00. The topological polar surface area (TPSA) is 75.1 Å². The SMILES string of the molecule is O=C(NC(Cc1ccccn1)C1CC(O)C1)c1cnc2c(c1)CCCC2. The molecule has 2 aliphatic carbocycles. The minimum atomic E-state index is -0.242. The molecule has 2 aromatic rings. The fourth-order valence-corrected chi connectivity index (χ4v) is 4.00. The number of rotatable bonds is 5. The van der Waals surface area contributed by atoms with E-state index in [1.807, 2.05) is 24.3 Å². The zero-order valence-electron chi connectivity index (χ0n) is 14.9. The third-order valence-electron chi connectivity index (χ3n) is 5.62. The average molecular weight is 351 g/mol. The van der Waals surface area contributed by atoms with E-state index < -0.39 is 0 Å². The zero-order chi connectivity index (χ0) is 17.9. The smallest absolute Gasteiger partial charge is 0.253 e. The number of carbonyl (C=O) groups is 1. The van der Waals surface area contributed by atoms with Crippen molar-refractivity contribution >= 4 is 5.91 Å². The van der Waals surface area contributed by atoms with Crippen molar-refractivity contribution in [3.05, 3.63) is 59.2 Å². The number of fused-ring (bicyclic) bond motifs is 1. The van der Waals surface area contributed by atoms with Gasteiger partial charge in [-0.25, -0.2) is 0 Å². The highest BCUT2D eigenvalue weighted by Crippen LogP contribution is 2.31. The first-order chi connectivity index (χ1) is 12.7. The molecule has 1 fully saturated rings. The maximum absolute atomic E-state index is 12.8.